The molecule has 112 valence electrons. The molecule has 1 aromatic heterocycles. The van der Waals surface area contributed by atoms with Crippen LogP contribution < -0.4 is 10.1 Å². The van der Waals surface area contributed by atoms with Gasteiger partial charge in [-0.3, -0.25) is 4.79 Å². The molecule has 0 aliphatic carbocycles. The molecule has 0 unspecified atom stereocenters. The van der Waals surface area contributed by atoms with Crippen LogP contribution in [0.2, 0.25) is 5.02 Å². The van der Waals surface area contributed by atoms with Crippen LogP contribution in [-0.4, -0.2) is 23.2 Å². The van der Waals surface area contributed by atoms with Crippen LogP contribution in [-0.2, 0) is 11.2 Å². The van der Waals surface area contributed by atoms with Crippen molar-refractivity contribution in [2.75, 3.05) is 12.4 Å². The predicted molar refractivity (Wildman–Crippen MR) is 78.7 cm³/mol. The quantitative estimate of drug-likeness (QED) is 0.919. The molecule has 2 aromatic rings. The number of benzene rings is 1. The minimum absolute atomic E-state index is 0.161. The van der Waals surface area contributed by atoms with Crippen LogP contribution in [0.1, 0.15) is 23.7 Å². The van der Waals surface area contributed by atoms with Gasteiger partial charge in [-0.05, 0) is 25.5 Å². The van der Waals surface area contributed by atoms with Gasteiger partial charge in [-0.25, -0.2) is 0 Å². The number of hydrogen-bond donors (Lipinski definition) is 1. The van der Waals surface area contributed by atoms with E-state index in [1.165, 1.54) is 7.11 Å². The summed E-state index contributed by atoms with van der Waals surface area (Å²) in [7, 11) is 1.53. The fraction of sp³-hybridized carbons (Fsp3) is 0.357. The maximum atomic E-state index is 12.0. The largest absolute Gasteiger partial charge is 0.495 e. The molecular weight excluding hydrogens is 294 g/mol. The maximum absolute atomic E-state index is 12.0. The number of carbonyl (C=O) groups excluding carboxylic acids is 1. The van der Waals surface area contributed by atoms with Crippen LogP contribution in [0.15, 0.2) is 16.7 Å². The van der Waals surface area contributed by atoms with Gasteiger partial charge < -0.3 is 14.6 Å². The van der Waals surface area contributed by atoms with Crippen LogP contribution >= 0.6 is 11.6 Å². The molecule has 0 aliphatic rings. The molecule has 1 N–H and O–H groups in total. The van der Waals surface area contributed by atoms with E-state index in [2.05, 4.69) is 15.5 Å². The van der Waals surface area contributed by atoms with E-state index in [-0.39, 0.29) is 12.3 Å². The molecule has 0 spiro atoms. The third-order valence-corrected chi connectivity index (χ3v) is 3.30. The minimum atomic E-state index is -0.161. The van der Waals surface area contributed by atoms with Crippen molar-refractivity contribution >= 4 is 23.2 Å². The first-order valence-corrected chi connectivity index (χ1v) is 6.80. The number of amides is 1. The van der Waals surface area contributed by atoms with E-state index >= 15 is 0 Å². The lowest BCUT2D eigenvalue weighted by atomic mass is 10.2. The first kappa shape index (κ1) is 15.3. The average molecular weight is 310 g/mol. The second-order valence-corrected chi connectivity index (χ2v) is 4.99. The van der Waals surface area contributed by atoms with Crippen LogP contribution in [0.3, 0.4) is 0 Å². The van der Waals surface area contributed by atoms with Gasteiger partial charge in [0.1, 0.15) is 5.75 Å². The van der Waals surface area contributed by atoms with Crippen LogP contribution in [0.4, 0.5) is 5.69 Å². The Morgan fingerprint density at radius 2 is 2.19 bits per heavy atom. The third-order valence-electron chi connectivity index (χ3n) is 2.89. The van der Waals surface area contributed by atoms with E-state index in [9.17, 15) is 4.79 Å². The highest BCUT2D eigenvalue weighted by Gasteiger charge is 2.12. The fourth-order valence-electron chi connectivity index (χ4n) is 1.80. The van der Waals surface area contributed by atoms with E-state index in [4.69, 9.17) is 20.9 Å². The number of nitrogens with one attached hydrogen (secondary N) is 1. The molecule has 6 nitrogen and oxygen atoms in total. The van der Waals surface area contributed by atoms with Crippen molar-refractivity contribution in [1.29, 1.82) is 0 Å². The number of rotatable bonds is 5. The Bertz CT molecular complexity index is 655. The van der Waals surface area contributed by atoms with Gasteiger partial charge in [-0.2, -0.15) is 4.98 Å². The van der Waals surface area contributed by atoms with Crippen molar-refractivity contribution in [3.8, 4) is 5.75 Å². The van der Waals surface area contributed by atoms with Crippen molar-refractivity contribution in [2.24, 2.45) is 0 Å². The van der Waals surface area contributed by atoms with Gasteiger partial charge in [0.15, 0.2) is 5.82 Å². The van der Waals surface area contributed by atoms with E-state index in [1.807, 2.05) is 6.92 Å². The van der Waals surface area contributed by atoms with Gasteiger partial charge in [0.25, 0.3) is 0 Å². The first-order chi connectivity index (χ1) is 9.99. The summed E-state index contributed by atoms with van der Waals surface area (Å²) in [5, 5.41) is 7.06. The second kappa shape index (κ2) is 6.58. The second-order valence-electron chi connectivity index (χ2n) is 4.59. The zero-order chi connectivity index (χ0) is 15.4. The van der Waals surface area contributed by atoms with Gasteiger partial charge in [-0.1, -0.05) is 16.8 Å². The summed E-state index contributed by atoms with van der Waals surface area (Å²) in [5.41, 5.74) is 1.45. The molecule has 1 heterocycles. The summed E-state index contributed by atoms with van der Waals surface area (Å²) in [5.74, 6) is 1.36. The summed E-state index contributed by atoms with van der Waals surface area (Å²) in [6.45, 7) is 3.59. The average Bonchev–Trinajstić information content (AvgIpc) is 2.86. The van der Waals surface area contributed by atoms with Crippen molar-refractivity contribution in [3.63, 3.8) is 0 Å². The maximum Gasteiger partial charge on any atom is 0.227 e. The zero-order valence-corrected chi connectivity index (χ0v) is 12.8. The molecule has 0 fully saturated rings. The molecule has 0 saturated heterocycles. The Labute approximate surface area is 127 Å². The lowest BCUT2D eigenvalue weighted by Gasteiger charge is -2.12. The van der Waals surface area contributed by atoms with Crippen LogP contribution in [0.5, 0.6) is 5.75 Å². The van der Waals surface area contributed by atoms with Gasteiger partial charge in [0.2, 0.25) is 11.8 Å². The summed E-state index contributed by atoms with van der Waals surface area (Å²) in [4.78, 5) is 16.0. The summed E-state index contributed by atoms with van der Waals surface area (Å²) in [6, 6.07) is 3.45. The molecule has 0 bridgehead atoms. The highest BCUT2D eigenvalue weighted by Crippen LogP contribution is 2.31. The van der Waals surface area contributed by atoms with Gasteiger partial charge >= 0.3 is 0 Å². The van der Waals surface area contributed by atoms with Gasteiger partial charge in [-0.15, -0.1) is 0 Å². The molecule has 1 aromatic carbocycles. The predicted octanol–water partition coefficient (Wildman–Crippen LogP) is 2.92. The van der Waals surface area contributed by atoms with Gasteiger partial charge in [0.05, 0.1) is 12.8 Å². The summed E-state index contributed by atoms with van der Waals surface area (Å²) >= 11 is 6.02. The van der Waals surface area contributed by atoms with Crippen molar-refractivity contribution < 1.29 is 14.1 Å². The van der Waals surface area contributed by atoms with Crippen LogP contribution in [0, 0.1) is 13.8 Å². The lowest BCUT2D eigenvalue weighted by molar-refractivity contribution is -0.116. The monoisotopic (exact) mass is 309 g/mol. The number of aromatic nitrogens is 2. The normalized spacial score (nSPS) is 10.5. The summed E-state index contributed by atoms with van der Waals surface area (Å²) in [6.07, 6.45) is 0.633. The van der Waals surface area contributed by atoms with E-state index in [0.29, 0.717) is 34.6 Å². The zero-order valence-electron chi connectivity index (χ0n) is 12.1. The summed E-state index contributed by atoms with van der Waals surface area (Å²) < 4.78 is 10.2. The molecule has 0 aliphatic heterocycles. The van der Waals surface area contributed by atoms with Crippen molar-refractivity contribution in [1.82, 2.24) is 10.1 Å². The molecule has 7 heteroatoms. The molecular formula is C14H16ClN3O3. The molecule has 0 saturated carbocycles. The SMILES string of the molecule is COc1cc(Cl)c(C)cc1NC(=O)CCc1nc(C)no1. The number of methoxy groups -OCH3 is 1. The Balaban J connectivity index is 2.00. The number of hydrogen-bond acceptors (Lipinski definition) is 5. The number of nitrogens with zero attached hydrogens (tertiary/aromatic N) is 2. The molecule has 1 amide bonds. The third kappa shape index (κ3) is 3.95. The standard InChI is InChI=1S/C14H16ClN3O3/c1-8-6-11(12(20-3)7-10(8)15)17-13(19)4-5-14-16-9(2)18-21-14/h6-7H,4-5H2,1-3H3,(H,17,19). The van der Waals surface area contributed by atoms with Crippen LogP contribution in [0.25, 0.3) is 0 Å². The highest BCUT2D eigenvalue weighted by atomic mass is 35.5. The first-order valence-electron chi connectivity index (χ1n) is 6.42. The lowest BCUT2D eigenvalue weighted by Crippen LogP contribution is -2.13. The van der Waals surface area contributed by atoms with E-state index in [0.717, 1.165) is 5.56 Å². The van der Waals surface area contributed by atoms with Crippen molar-refractivity contribution in [3.05, 3.63) is 34.4 Å². The van der Waals surface area contributed by atoms with E-state index in [1.54, 1.807) is 19.1 Å². The smallest absolute Gasteiger partial charge is 0.227 e. The molecule has 2 rings (SSSR count). The highest BCUT2D eigenvalue weighted by molar-refractivity contribution is 6.31. The number of aryl methyl sites for hydroxylation is 3. The van der Waals surface area contributed by atoms with Gasteiger partial charge in [0, 0.05) is 23.9 Å². The topological polar surface area (TPSA) is 77.2 Å². The Morgan fingerprint density at radius 1 is 1.43 bits per heavy atom. The number of ether oxygens (including phenoxy) is 1. The molecule has 21 heavy (non-hydrogen) atoms. The molecule has 0 radical (unpaired) electrons. The Kier molecular flexibility index (Phi) is 4.80. The molecule has 0 atom stereocenters. The van der Waals surface area contributed by atoms with Crippen molar-refractivity contribution in [2.45, 2.75) is 26.7 Å². The number of halogens is 1. The fourth-order valence-corrected chi connectivity index (χ4v) is 1.96. The number of anilines is 1. The Morgan fingerprint density at radius 3 is 2.81 bits per heavy atom. The van der Waals surface area contributed by atoms with E-state index < -0.39 is 0 Å². The minimum Gasteiger partial charge on any atom is -0.495 e. The number of carbonyl (C=O) groups is 1. The Hall–Kier alpha value is -2.08.